The second-order valence-electron chi connectivity index (χ2n) is 5.79. The van der Waals surface area contributed by atoms with E-state index in [4.69, 9.17) is 10.5 Å². The predicted molar refractivity (Wildman–Crippen MR) is 108 cm³/mol. The highest BCUT2D eigenvalue weighted by Gasteiger charge is 2.08. The van der Waals surface area contributed by atoms with Crippen molar-refractivity contribution in [3.63, 3.8) is 0 Å². The van der Waals surface area contributed by atoms with Gasteiger partial charge >= 0.3 is 0 Å². The van der Waals surface area contributed by atoms with E-state index in [9.17, 15) is 4.79 Å². The molecule has 2 heterocycles. The summed E-state index contributed by atoms with van der Waals surface area (Å²) in [5, 5.41) is 5.35. The Balaban J connectivity index is 1.48. The molecule has 0 aliphatic carbocycles. The number of hydrogen-bond donors (Lipinski definition) is 2. The zero-order valence-corrected chi connectivity index (χ0v) is 16.2. The van der Waals surface area contributed by atoms with Gasteiger partial charge in [-0.05, 0) is 24.3 Å². The van der Waals surface area contributed by atoms with Crippen molar-refractivity contribution in [2.75, 3.05) is 31.3 Å². The van der Waals surface area contributed by atoms with Crippen LogP contribution in [-0.2, 0) is 11.3 Å². The van der Waals surface area contributed by atoms with Crippen LogP contribution < -0.4 is 20.7 Å². The SMILES string of the molecule is CN(C)c1cccc(OCC(=O)NCc2ccc(-c3csc(N)n3)s2)c1. The molecule has 2 aromatic heterocycles. The van der Waals surface area contributed by atoms with Crippen LogP contribution >= 0.6 is 22.7 Å². The second kappa shape index (κ2) is 8.20. The summed E-state index contributed by atoms with van der Waals surface area (Å²) in [4.78, 5) is 20.4. The number of rotatable bonds is 7. The third kappa shape index (κ3) is 4.74. The Bertz CT molecular complexity index is 889. The van der Waals surface area contributed by atoms with Crippen LogP contribution in [-0.4, -0.2) is 31.6 Å². The monoisotopic (exact) mass is 388 g/mol. The number of amides is 1. The maximum absolute atomic E-state index is 12.0. The maximum atomic E-state index is 12.0. The highest BCUT2D eigenvalue weighted by atomic mass is 32.1. The fraction of sp³-hybridized carbons (Fsp3) is 0.222. The number of nitrogens with two attached hydrogens (primary N) is 1. The van der Waals surface area contributed by atoms with Gasteiger partial charge in [0.15, 0.2) is 11.7 Å². The largest absolute Gasteiger partial charge is 0.484 e. The number of nitrogens with zero attached hydrogens (tertiary/aromatic N) is 2. The molecule has 0 saturated heterocycles. The molecule has 0 saturated carbocycles. The minimum Gasteiger partial charge on any atom is -0.484 e. The zero-order chi connectivity index (χ0) is 18.5. The zero-order valence-electron chi connectivity index (χ0n) is 14.6. The summed E-state index contributed by atoms with van der Waals surface area (Å²) in [6, 6.07) is 11.6. The van der Waals surface area contributed by atoms with E-state index in [1.807, 2.05) is 60.8 Å². The first-order valence-electron chi connectivity index (χ1n) is 7.98. The molecule has 0 spiro atoms. The molecule has 0 unspecified atom stereocenters. The molecule has 3 N–H and O–H groups in total. The van der Waals surface area contributed by atoms with Crippen molar-refractivity contribution in [2.24, 2.45) is 0 Å². The van der Waals surface area contributed by atoms with E-state index in [2.05, 4.69) is 10.3 Å². The first-order chi connectivity index (χ1) is 12.5. The van der Waals surface area contributed by atoms with Crippen molar-refractivity contribution in [3.05, 3.63) is 46.7 Å². The van der Waals surface area contributed by atoms with Crippen LogP contribution in [0.25, 0.3) is 10.6 Å². The van der Waals surface area contributed by atoms with Crippen LogP contribution in [0, 0.1) is 0 Å². The number of anilines is 2. The van der Waals surface area contributed by atoms with Gasteiger partial charge in [-0.2, -0.15) is 0 Å². The van der Waals surface area contributed by atoms with Crippen LogP contribution in [0.15, 0.2) is 41.8 Å². The first kappa shape index (κ1) is 18.2. The van der Waals surface area contributed by atoms with Gasteiger partial charge in [0.2, 0.25) is 0 Å². The van der Waals surface area contributed by atoms with Crippen molar-refractivity contribution in [3.8, 4) is 16.3 Å². The Labute approximate surface area is 160 Å². The van der Waals surface area contributed by atoms with Crippen molar-refractivity contribution in [1.82, 2.24) is 10.3 Å². The minimum atomic E-state index is -0.159. The van der Waals surface area contributed by atoms with Gasteiger partial charge in [0, 0.05) is 36.1 Å². The van der Waals surface area contributed by atoms with Crippen LogP contribution in [0.5, 0.6) is 5.75 Å². The fourth-order valence-electron chi connectivity index (χ4n) is 2.25. The summed E-state index contributed by atoms with van der Waals surface area (Å²) in [5.74, 6) is 0.513. The van der Waals surface area contributed by atoms with Crippen LogP contribution in [0.4, 0.5) is 10.8 Å². The lowest BCUT2D eigenvalue weighted by Gasteiger charge is -2.14. The average Bonchev–Trinajstić information content (AvgIpc) is 3.27. The van der Waals surface area contributed by atoms with Crippen LogP contribution in [0.2, 0.25) is 0 Å². The molecular formula is C18H20N4O2S2. The van der Waals surface area contributed by atoms with E-state index in [1.165, 1.54) is 11.3 Å². The number of carbonyl (C=O) groups excluding carboxylic acids is 1. The second-order valence-corrected chi connectivity index (χ2v) is 7.85. The lowest BCUT2D eigenvalue weighted by atomic mass is 10.3. The Morgan fingerprint density at radius 2 is 2.15 bits per heavy atom. The number of hydrogen-bond acceptors (Lipinski definition) is 7. The predicted octanol–water partition coefficient (Wildman–Crippen LogP) is 3.22. The molecule has 136 valence electrons. The van der Waals surface area contributed by atoms with Gasteiger partial charge in [0.05, 0.1) is 17.1 Å². The molecule has 0 radical (unpaired) electrons. The normalized spacial score (nSPS) is 10.5. The van der Waals surface area contributed by atoms with Gasteiger partial charge in [0.1, 0.15) is 5.75 Å². The Kier molecular flexibility index (Phi) is 5.75. The van der Waals surface area contributed by atoms with Crippen LogP contribution in [0.1, 0.15) is 4.88 Å². The van der Waals surface area contributed by atoms with E-state index >= 15 is 0 Å². The summed E-state index contributed by atoms with van der Waals surface area (Å²) in [6.45, 7) is 0.446. The summed E-state index contributed by atoms with van der Waals surface area (Å²) >= 11 is 3.01. The smallest absolute Gasteiger partial charge is 0.258 e. The third-order valence-electron chi connectivity index (χ3n) is 3.60. The molecule has 0 aliphatic heterocycles. The molecule has 8 heteroatoms. The van der Waals surface area contributed by atoms with Crippen molar-refractivity contribution in [1.29, 1.82) is 0 Å². The Morgan fingerprint density at radius 1 is 1.31 bits per heavy atom. The molecular weight excluding hydrogens is 368 g/mol. The molecule has 0 aliphatic rings. The number of benzene rings is 1. The molecule has 1 aromatic carbocycles. The molecule has 0 fully saturated rings. The number of thiazole rings is 1. The highest BCUT2D eigenvalue weighted by molar-refractivity contribution is 7.16. The lowest BCUT2D eigenvalue weighted by Crippen LogP contribution is -2.28. The van der Waals surface area contributed by atoms with E-state index < -0.39 is 0 Å². The highest BCUT2D eigenvalue weighted by Crippen LogP contribution is 2.29. The van der Waals surface area contributed by atoms with Gasteiger partial charge in [-0.3, -0.25) is 4.79 Å². The fourth-order valence-corrected chi connectivity index (χ4v) is 3.79. The standard InChI is InChI=1S/C18H20N4O2S2/c1-22(2)12-4-3-5-13(8-12)24-10-17(23)20-9-14-6-7-16(26-14)15-11-25-18(19)21-15/h3-8,11H,9-10H2,1-2H3,(H2,19,21)(H,20,23). The summed E-state index contributed by atoms with van der Waals surface area (Å²) in [7, 11) is 3.92. The number of nitrogens with one attached hydrogen (secondary N) is 1. The lowest BCUT2D eigenvalue weighted by molar-refractivity contribution is -0.123. The number of nitrogen functional groups attached to an aromatic ring is 1. The molecule has 0 bridgehead atoms. The summed E-state index contributed by atoms with van der Waals surface area (Å²) in [5.41, 5.74) is 7.57. The van der Waals surface area contributed by atoms with E-state index in [1.54, 1.807) is 11.3 Å². The molecule has 0 atom stereocenters. The van der Waals surface area contributed by atoms with E-state index in [0.29, 0.717) is 17.4 Å². The van der Waals surface area contributed by atoms with E-state index in [-0.39, 0.29) is 12.5 Å². The molecule has 3 rings (SSSR count). The third-order valence-corrected chi connectivity index (χ3v) is 5.38. The Hall–Kier alpha value is -2.58. The Morgan fingerprint density at radius 3 is 2.88 bits per heavy atom. The summed E-state index contributed by atoms with van der Waals surface area (Å²) < 4.78 is 5.57. The summed E-state index contributed by atoms with van der Waals surface area (Å²) in [6.07, 6.45) is 0. The number of thiophene rings is 1. The van der Waals surface area contributed by atoms with Gasteiger partial charge in [0.25, 0.3) is 5.91 Å². The maximum Gasteiger partial charge on any atom is 0.258 e. The van der Waals surface area contributed by atoms with Crippen LogP contribution in [0.3, 0.4) is 0 Å². The minimum absolute atomic E-state index is 0.0161. The molecule has 26 heavy (non-hydrogen) atoms. The van der Waals surface area contributed by atoms with Crippen molar-refractivity contribution in [2.45, 2.75) is 6.54 Å². The van der Waals surface area contributed by atoms with Gasteiger partial charge in [-0.25, -0.2) is 4.98 Å². The number of carbonyl (C=O) groups is 1. The first-order valence-corrected chi connectivity index (χ1v) is 9.68. The number of aromatic nitrogens is 1. The topological polar surface area (TPSA) is 80.5 Å². The van der Waals surface area contributed by atoms with Gasteiger partial charge in [-0.15, -0.1) is 22.7 Å². The van der Waals surface area contributed by atoms with Gasteiger partial charge < -0.3 is 20.7 Å². The molecule has 1 amide bonds. The number of ether oxygens (including phenoxy) is 1. The molecule has 6 nitrogen and oxygen atoms in total. The molecule has 3 aromatic rings. The van der Waals surface area contributed by atoms with E-state index in [0.717, 1.165) is 21.1 Å². The van der Waals surface area contributed by atoms with Crippen molar-refractivity contribution >= 4 is 39.4 Å². The van der Waals surface area contributed by atoms with Crippen molar-refractivity contribution < 1.29 is 9.53 Å². The average molecular weight is 389 g/mol. The van der Waals surface area contributed by atoms with Gasteiger partial charge in [-0.1, -0.05) is 6.07 Å². The quantitative estimate of drug-likeness (QED) is 0.650.